The van der Waals surface area contributed by atoms with E-state index in [9.17, 15) is 4.79 Å². The van der Waals surface area contributed by atoms with Gasteiger partial charge in [0.05, 0.1) is 18.4 Å². The van der Waals surface area contributed by atoms with Crippen LogP contribution in [0.4, 0.5) is 11.6 Å². The molecule has 36 heavy (non-hydrogen) atoms. The maximum atomic E-state index is 13.8. The van der Waals surface area contributed by atoms with E-state index in [1.165, 1.54) is 0 Å². The first-order valence-corrected chi connectivity index (χ1v) is 12.0. The Morgan fingerprint density at radius 3 is 2.56 bits per heavy atom. The summed E-state index contributed by atoms with van der Waals surface area (Å²) in [5, 5.41) is 12.0. The summed E-state index contributed by atoms with van der Waals surface area (Å²) in [6, 6.07) is 19.7. The number of fused-ring (bicyclic) bond motifs is 1. The van der Waals surface area contributed by atoms with E-state index in [0.717, 1.165) is 11.1 Å². The number of allylic oxidation sites excluding steroid dienone is 1. The molecule has 1 unspecified atom stereocenters. The maximum absolute atomic E-state index is 13.8. The van der Waals surface area contributed by atoms with Gasteiger partial charge in [0, 0.05) is 26.9 Å². The molecule has 1 aliphatic rings. The molecule has 1 amide bonds. The van der Waals surface area contributed by atoms with Crippen LogP contribution < -0.4 is 15.4 Å². The fourth-order valence-electron chi connectivity index (χ4n) is 4.33. The Kier molecular flexibility index (Phi) is 6.43. The minimum Gasteiger partial charge on any atom is -0.495 e. The number of anilines is 2. The van der Waals surface area contributed by atoms with Crippen molar-refractivity contribution in [1.29, 1.82) is 0 Å². The van der Waals surface area contributed by atoms with Crippen LogP contribution in [0, 0.1) is 6.92 Å². The number of nitrogens with zero attached hydrogens (tertiary/aromatic N) is 3. The zero-order valence-electron chi connectivity index (χ0n) is 19.8. The summed E-state index contributed by atoms with van der Waals surface area (Å²) in [6.07, 6.45) is 0. The molecule has 3 aromatic carbocycles. The van der Waals surface area contributed by atoms with Crippen molar-refractivity contribution >= 4 is 40.7 Å². The van der Waals surface area contributed by atoms with Gasteiger partial charge < -0.3 is 15.4 Å². The van der Waals surface area contributed by atoms with Gasteiger partial charge in [-0.15, -0.1) is 5.10 Å². The highest BCUT2D eigenvalue weighted by atomic mass is 35.5. The largest absolute Gasteiger partial charge is 0.495 e. The summed E-state index contributed by atoms with van der Waals surface area (Å²) in [4.78, 5) is 18.5. The lowest BCUT2D eigenvalue weighted by molar-refractivity contribution is -0.113. The van der Waals surface area contributed by atoms with E-state index in [-0.39, 0.29) is 5.91 Å². The van der Waals surface area contributed by atoms with Crippen LogP contribution in [-0.2, 0) is 4.79 Å². The molecule has 7 nitrogen and oxygen atoms in total. The molecule has 1 aliphatic heterocycles. The molecule has 2 N–H and O–H groups in total. The Hall–Kier alpha value is -3.81. The molecule has 0 saturated carbocycles. The van der Waals surface area contributed by atoms with Crippen molar-refractivity contribution in [3.05, 3.63) is 99.2 Å². The third-order valence-corrected chi connectivity index (χ3v) is 6.66. The Balaban J connectivity index is 1.64. The molecular formula is C27H23Cl2N5O2. The third kappa shape index (κ3) is 4.32. The quantitative estimate of drug-likeness (QED) is 0.314. The second-order valence-electron chi connectivity index (χ2n) is 8.40. The normalized spacial score (nSPS) is 14.8. The highest BCUT2D eigenvalue weighted by Gasteiger charge is 2.36. The average Bonchev–Trinajstić information content (AvgIpc) is 3.27. The second-order valence-corrected chi connectivity index (χ2v) is 9.25. The lowest BCUT2D eigenvalue weighted by Gasteiger charge is -2.29. The summed E-state index contributed by atoms with van der Waals surface area (Å²) in [5.74, 6) is 1.29. The molecule has 182 valence electrons. The van der Waals surface area contributed by atoms with Gasteiger partial charge in [-0.05, 0) is 43.7 Å². The number of hydrogen-bond donors (Lipinski definition) is 2. The van der Waals surface area contributed by atoms with Crippen molar-refractivity contribution < 1.29 is 9.53 Å². The number of rotatable bonds is 5. The van der Waals surface area contributed by atoms with Gasteiger partial charge in [-0.3, -0.25) is 4.79 Å². The van der Waals surface area contributed by atoms with Crippen molar-refractivity contribution in [2.24, 2.45) is 0 Å². The molecule has 9 heteroatoms. The number of para-hydroxylation sites is 2. The minimum atomic E-state index is -0.647. The highest BCUT2D eigenvalue weighted by Crippen LogP contribution is 2.40. The average molecular weight is 520 g/mol. The first-order valence-electron chi connectivity index (χ1n) is 11.3. The molecular weight excluding hydrogens is 497 g/mol. The van der Waals surface area contributed by atoms with Crippen LogP contribution in [0.3, 0.4) is 0 Å². The van der Waals surface area contributed by atoms with Gasteiger partial charge in [0.1, 0.15) is 11.8 Å². The number of halogens is 2. The number of methoxy groups -OCH3 is 1. The van der Waals surface area contributed by atoms with Gasteiger partial charge in [0.15, 0.2) is 5.82 Å². The molecule has 4 aromatic rings. The zero-order chi connectivity index (χ0) is 25.4. The number of amides is 1. The summed E-state index contributed by atoms with van der Waals surface area (Å²) in [7, 11) is 1.56. The first kappa shape index (κ1) is 23.9. The molecule has 1 atom stereocenters. The van der Waals surface area contributed by atoms with Crippen LogP contribution in [0.1, 0.15) is 24.1 Å². The predicted octanol–water partition coefficient (Wildman–Crippen LogP) is 6.50. The summed E-state index contributed by atoms with van der Waals surface area (Å²) in [5.41, 5.74) is 4.25. The van der Waals surface area contributed by atoms with E-state index >= 15 is 0 Å². The van der Waals surface area contributed by atoms with E-state index in [0.29, 0.717) is 50.1 Å². The van der Waals surface area contributed by atoms with Crippen LogP contribution in [-0.4, -0.2) is 27.8 Å². The van der Waals surface area contributed by atoms with Gasteiger partial charge >= 0.3 is 0 Å². The van der Waals surface area contributed by atoms with Crippen LogP contribution in [0.5, 0.6) is 5.75 Å². The first-order chi connectivity index (χ1) is 17.4. The number of carbonyl (C=O) groups excluding carboxylic acids is 1. The molecule has 0 radical (unpaired) electrons. The van der Waals surface area contributed by atoms with Gasteiger partial charge in [0.2, 0.25) is 5.95 Å². The smallest absolute Gasteiger partial charge is 0.255 e. The molecule has 0 aliphatic carbocycles. The van der Waals surface area contributed by atoms with Crippen LogP contribution in [0.2, 0.25) is 10.0 Å². The molecule has 2 heterocycles. The fraction of sp³-hybridized carbons (Fsp3) is 0.148. The molecule has 1 aromatic heterocycles. The fourth-order valence-corrected chi connectivity index (χ4v) is 4.84. The second kappa shape index (κ2) is 9.68. The van der Waals surface area contributed by atoms with Crippen molar-refractivity contribution in [3.63, 3.8) is 0 Å². The molecule has 0 saturated heterocycles. The van der Waals surface area contributed by atoms with Crippen LogP contribution >= 0.6 is 23.2 Å². The Morgan fingerprint density at radius 2 is 1.81 bits per heavy atom. The zero-order valence-corrected chi connectivity index (χ0v) is 21.4. The molecule has 0 bridgehead atoms. The Morgan fingerprint density at radius 1 is 1.06 bits per heavy atom. The summed E-state index contributed by atoms with van der Waals surface area (Å²) < 4.78 is 7.11. The van der Waals surface area contributed by atoms with Gasteiger partial charge in [-0.1, -0.05) is 65.7 Å². The van der Waals surface area contributed by atoms with Gasteiger partial charge in [-0.25, -0.2) is 4.68 Å². The van der Waals surface area contributed by atoms with Crippen molar-refractivity contribution in [2.45, 2.75) is 19.9 Å². The van der Waals surface area contributed by atoms with Crippen LogP contribution in [0.15, 0.2) is 78.0 Å². The Bertz CT molecular complexity index is 1510. The Labute approximate surface area is 218 Å². The van der Waals surface area contributed by atoms with Crippen molar-refractivity contribution in [2.75, 3.05) is 17.7 Å². The topological polar surface area (TPSA) is 81.1 Å². The number of aromatic nitrogens is 3. The summed E-state index contributed by atoms with van der Waals surface area (Å²) >= 11 is 12.9. The predicted molar refractivity (Wildman–Crippen MR) is 143 cm³/mol. The lowest BCUT2D eigenvalue weighted by atomic mass is 9.95. The minimum absolute atomic E-state index is 0.320. The molecule has 0 spiro atoms. The SMILES string of the molecule is COc1ccccc1NC(=O)C1=C(C)Nc2nc(-c3ccccc3C)nn2C1c1ccc(Cl)cc1Cl. The van der Waals surface area contributed by atoms with Crippen LogP contribution in [0.25, 0.3) is 11.4 Å². The van der Waals surface area contributed by atoms with Gasteiger partial charge in [-0.2, -0.15) is 4.98 Å². The maximum Gasteiger partial charge on any atom is 0.255 e. The third-order valence-electron chi connectivity index (χ3n) is 6.10. The number of hydrogen-bond acceptors (Lipinski definition) is 5. The van der Waals surface area contributed by atoms with E-state index in [1.54, 1.807) is 36.1 Å². The number of nitrogens with one attached hydrogen (secondary N) is 2. The summed E-state index contributed by atoms with van der Waals surface area (Å²) in [6.45, 7) is 3.84. The lowest BCUT2D eigenvalue weighted by Crippen LogP contribution is -2.31. The van der Waals surface area contributed by atoms with Crippen molar-refractivity contribution in [1.82, 2.24) is 14.8 Å². The van der Waals surface area contributed by atoms with E-state index in [4.69, 9.17) is 38.0 Å². The van der Waals surface area contributed by atoms with E-state index in [1.807, 2.05) is 56.3 Å². The number of benzene rings is 3. The van der Waals surface area contributed by atoms with E-state index in [2.05, 4.69) is 10.6 Å². The van der Waals surface area contributed by atoms with Gasteiger partial charge in [0.25, 0.3) is 5.91 Å². The number of aryl methyl sites for hydroxylation is 1. The van der Waals surface area contributed by atoms with Crippen molar-refractivity contribution in [3.8, 4) is 17.1 Å². The monoisotopic (exact) mass is 519 g/mol. The molecule has 5 rings (SSSR count). The highest BCUT2D eigenvalue weighted by molar-refractivity contribution is 6.35. The number of carbonyl (C=O) groups is 1. The number of ether oxygens (including phenoxy) is 1. The standard InChI is InChI=1S/C27H23Cl2N5O2/c1-15-8-4-5-9-18(15)25-32-27-30-16(2)23(26(35)31-21-10-6-7-11-22(21)36-3)24(34(27)33-25)19-13-12-17(28)14-20(19)29/h4-14,24H,1-3H3,(H,31,35)(H,30,32,33). The molecule has 0 fully saturated rings. The van der Waals surface area contributed by atoms with E-state index < -0.39 is 6.04 Å².